The topological polar surface area (TPSA) is 93.5 Å². The predicted octanol–water partition coefficient (Wildman–Crippen LogP) is 2.81. The number of benzene rings is 1. The van der Waals surface area contributed by atoms with Crippen LogP contribution in [0.4, 0.5) is 14.9 Å². The van der Waals surface area contributed by atoms with Gasteiger partial charge in [-0.25, -0.2) is 9.18 Å². The number of carbonyl (C=O) groups excluding carboxylic acids is 2. The van der Waals surface area contributed by atoms with Gasteiger partial charge in [0.2, 0.25) is 0 Å². The average molecular weight is 390 g/mol. The fourth-order valence-electron chi connectivity index (χ4n) is 1.63. The minimum absolute atomic E-state index is 0.0926. The van der Waals surface area contributed by atoms with Crippen LogP contribution in [0, 0.1) is 5.82 Å². The molecule has 4 N–H and O–H groups in total. The highest BCUT2D eigenvalue weighted by molar-refractivity contribution is 9.10. The van der Waals surface area contributed by atoms with E-state index in [0.717, 1.165) is 6.07 Å². The highest BCUT2D eigenvalue weighted by Crippen LogP contribution is 2.22. The van der Waals surface area contributed by atoms with E-state index in [-0.39, 0.29) is 17.2 Å². The molecule has 8 heteroatoms. The molecule has 0 spiro atoms. The first-order valence-electron chi connectivity index (χ1n) is 7.09. The van der Waals surface area contributed by atoms with Gasteiger partial charge in [-0.3, -0.25) is 4.79 Å². The van der Waals surface area contributed by atoms with E-state index in [4.69, 9.17) is 10.5 Å². The van der Waals surface area contributed by atoms with E-state index in [1.165, 1.54) is 6.07 Å². The van der Waals surface area contributed by atoms with Gasteiger partial charge in [0, 0.05) is 17.6 Å². The first-order valence-corrected chi connectivity index (χ1v) is 7.89. The third-order valence-corrected chi connectivity index (χ3v) is 3.29. The fraction of sp³-hybridized carbons (Fsp3) is 0.467. The van der Waals surface area contributed by atoms with E-state index >= 15 is 0 Å². The normalized spacial score (nSPS) is 11.0. The van der Waals surface area contributed by atoms with Crippen molar-refractivity contribution < 1.29 is 18.7 Å². The predicted molar refractivity (Wildman–Crippen MR) is 89.7 cm³/mol. The molecular formula is C15H21BrFN3O3. The van der Waals surface area contributed by atoms with E-state index in [9.17, 15) is 14.0 Å². The van der Waals surface area contributed by atoms with Crippen molar-refractivity contribution in [2.75, 3.05) is 18.8 Å². The summed E-state index contributed by atoms with van der Waals surface area (Å²) in [6.07, 6.45) is 0.0251. The molecule has 0 aliphatic rings. The van der Waals surface area contributed by atoms with Crippen molar-refractivity contribution in [3.8, 4) is 0 Å². The van der Waals surface area contributed by atoms with Crippen LogP contribution in [0.5, 0.6) is 0 Å². The number of amides is 2. The highest BCUT2D eigenvalue weighted by atomic mass is 79.9. The van der Waals surface area contributed by atoms with Crippen molar-refractivity contribution in [1.29, 1.82) is 0 Å². The summed E-state index contributed by atoms with van der Waals surface area (Å²) in [7, 11) is 0. The molecule has 0 heterocycles. The molecule has 1 rings (SSSR count). The Labute approximate surface area is 143 Å². The number of ether oxygens (including phenoxy) is 1. The van der Waals surface area contributed by atoms with Crippen molar-refractivity contribution >= 4 is 33.6 Å². The van der Waals surface area contributed by atoms with E-state index in [1.807, 2.05) is 0 Å². The summed E-state index contributed by atoms with van der Waals surface area (Å²) in [6, 6.07) is 2.42. The van der Waals surface area contributed by atoms with Gasteiger partial charge in [0.25, 0.3) is 5.91 Å². The second kappa shape index (κ2) is 8.14. The summed E-state index contributed by atoms with van der Waals surface area (Å²) >= 11 is 3.12. The van der Waals surface area contributed by atoms with Crippen molar-refractivity contribution in [2.45, 2.75) is 32.8 Å². The molecule has 0 aliphatic carbocycles. The molecule has 23 heavy (non-hydrogen) atoms. The van der Waals surface area contributed by atoms with Gasteiger partial charge in [0.05, 0.1) is 11.3 Å². The number of halogens is 2. The minimum atomic E-state index is -0.588. The number of rotatable bonds is 5. The van der Waals surface area contributed by atoms with Gasteiger partial charge in [-0.05, 0) is 55.3 Å². The van der Waals surface area contributed by atoms with E-state index in [0.29, 0.717) is 24.0 Å². The first kappa shape index (κ1) is 19.2. The van der Waals surface area contributed by atoms with E-state index in [2.05, 4.69) is 26.6 Å². The number of anilines is 1. The second-order valence-electron chi connectivity index (χ2n) is 5.89. The lowest BCUT2D eigenvalue weighted by molar-refractivity contribution is 0.0527. The summed E-state index contributed by atoms with van der Waals surface area (Å²) in [5.41, 5.74) is 5.06. The summed E-state index contributed by atoms with van der Waals surface area (Å²) < 4.78 is 18.6. The van der Waals surface area contributed by atoms with Crippen LogP contribution in [0.15, 0.2) is 16.6 Å². The molecule has 0 atom stereocenters. The molecule has 0 aliphatic heterocycles. The van der Waals surface area contributed by atoms with E-state index < -0.39 is 17.5 Å². The SMILES string of the molecule is CC(C)(C)OC(=O)NCCCNC(=O)c1cc(N)c(F)cc1Br. The minimum Gasteiger partial charge on any atom is -0.444 e. The highest BCUT2D eigenvalue weighted by Gasteiger charge is 2.16. The summed E-state index contributed by atoms with van der Waals surface area (Å²) in [5.74, 6) is -0.962. The number of alkyl carbamates (subject to hydrolysis) is 1. The van der Waals surface area contributed by atoms with Crippen LogP contribution in [0.2, 0.25) is 0 Å². The molecule has 1 aromatic rings. The Balaban J connectivity index is 2.35. The second-order valence-corrected chi connectivity index (χ2v) is 6.75. The van der Waals surface area contributed by atoms with E-state index in [1.54, 1.807) is 20.8 Å². The number of hydrogen-bond donors (Lipinski definition) is 3. The molecule has 2 amide bonds. The van der Waals surface area contributed by atoms with Crippen molar-refractivity contribution in [2.24, 2.45) is 0 Å². The lowest BCUT2D eigenvalue weighted by Crippen LogP contribution is -2.34. The molecule has 0 bridgehead atoms. The molecule has 0 radical (unpaired) electrons. The lowest BCUT2D eigenvalue weighted by Gasteiger charge is -2.19. The Kier molecular flexibility index (Phi) is 6.80. The lowest BCUT2D eigenvalue weighted by atomic mass is 10.2. The molecule has 0 fully saturated rings. The number of carbonyl (C=O) groups is 2. The maximum absolute atomic E-state index is 13.2. The molecule has 1 aromatic carbocycles. The number of nitrogen functional groups attached to an aromatic ring is 1. The zero-order chi connectivity index (χ0) is 17.6. The Morgan fingerprint density at radius 3 is 2.48 bits per heavy atom. The van der Waals surface area contributed by atoms with Gasteiger partial charge < -0.3 is 21.1 Å². The van der Waals surface area contributed by atoms with Gasteiger partial charge in [0.15, 0.2) is 0 Å². The van der Waals surface area contributed by atoms with Crippen LogP contribution in [-0.2, 0) is 4.74 Å². The van der Waals surface area contributed by atoms with Gasteiger partial charge in [0.1, 0.15) is 11.4 Å². The van der Waals surface area contributed by atoms with Crippen LogP contribution >= 0.6 is 15.9 Å². The maximum atomic E-state index is 13.2. The zero-order valence-electron chi connectivity index (χ0n) is 13.3. The van der Waals surface area contributed by atoms with Crippen LogP contribution < -0.4 is 16.4 Å². The molecule has 0 unspecified atom stereocenters. The molecule has 0 saturated heterocycles. The molecule has 128 valence electrons. The Morgan fingerprint density at radius 1 is 1.26 bits per heavy atom. The maximum Gasteiger partial charge on any atom is 0.407 e. The van der Waals surface area contributed by atoms with Gasteiger partial charge >= 0.3 is 6.09 Å². The quantitative estimate of drug-likeness (QED) is 0.533. The van der Waals surface area contributed by atoms with Crippen molar-refractivity contribution in [3.63, 3.8) is 0 Å². The smallest absolute Gasteiger partial charge is 0.407 e. The van der Waals surface area contributed by atoms with Crippen LogP contribution in [-0.4, -0.2) is 30.7 Å². The summed E-state index contributed by atoms with van der Waals surface area (Å²) in [5, 5.41) is 5.26. The number of nitrogens with one attached hydrogen (secondary N) is 2. The third kappa shape index (κ3) is 6.85. The Morgan fingerprint density at radius 2 is 1.87 bits per heavy atom. The van der Waals surface area contributed by atoms with Crippen molar-refractivity contribution in [3.05, 3.63) is 28.0 Å². The fourth-order valence-corrected chi connectivity index (χ4v) is 2.13. The zero-order valence-corrected chi connectivity index (χ0v) is 14.9. The molecule has 0 saturated carbocycles. The van der Waals surface area contributed by atoms with Gasteiger partial charge in [-0.1, -0.05) is 0 Å². The summed E-state index contributed by atoms with van der Waals surface area (Å²) in [4.78, 5) is 23.4. The average Bonchev–Trinajstić information content (AvgIpc) is 2.40. The van der Waals surface area contributed by atoms with Crippen LogP contribution in [0.25, 0.3) is 0 Å². The third-order valence-electron chi connectivity index (χ3n) is 2.64. The Hall–Kier alpha value is -1.83. The number of hydrogen-bond acceptors (Lipinski definition) is 4. The van der Waals surface area contributed by atoms with Gasteiger partial charge in [-0.2, -0.15) is 0 Å². The van der Waals surface area contributed by atoms with Gasteiger partial charge in [-0.15, -0.1) is 0 Å². The Bertz CT molecular complexity index is 588. The standard InChI is InChI=1S/C15H21BrFN3O3/c1-15(2,3)23-14(22)20-6-4-5-19-13(21)9-7-12(18)11(17)8-10(9)16/h7-8H,4-6,18H2,1-3H3,(H,19,21)(H,20,22). The van der Waals surface area contributed by atoms with Crippen LogP contribution in [0.1, 0.15) is 37.6 Å². The molecular weight excluding hydrogens is 369 g/mol. The monoisotopic (exact) mass is 389 g/mol. The number of nitrogens with two attached hydrogens (primary N) is 1. The van der Waals surface area contributed by atoms with Crippen molar-refractivity contribution in [1.82, 2.24) is 10.6 Å². The largest absolute Gasteiger partial charge is 0.444 e. The molecule has 0 aromatic heterocycles. The molecule has 6 nitrogen and oxygen atoms in total. The van der Waals surface area contributed by atoms with Crippen LogP contribution in [0.3, 0.4) is 0 Å². The first-order chi connectivity index (χ1) is 10.6. The summed E-state index contributed by atoms with van der Waals surface area (Å²) in [6.45, 7) is 6.04.